The number of carbonyl (C=O) groups is 1. The van der Waals surface area contributed by atoms with Gasteiger partial charge in [-0.1, -0.05) is 33.3 Å². The van der Waals surface area contributed by atoms with Crippen molar-refractivity contribution in [2.75, 3.05) is 5.32 Å². The van der Waals surface area contributed by atoms with Crippen LogP contribution in [0.3, 0.4) is 0 Å². The number of thiazole rings is 1. The van der Waals surface area contributed by atoms with Gasteiger partial charge in [-0.2, -0.15) is 0 Å². The third-order valence-electron chi connectivity index (χ3n) is 5.77. The summed E-state index contributed by atoms with van der Waals surface area (Å²) in [5.41, 5.74) is 3.93. The van der Waals surface area contributed by atoms with Gasteiger partial charge in [0.05, 0.1) is 9.88 Å². The maximum Gasteiger partial charge on any atom is 0.227 e. The zero-order chi connectivity index (χ0) is 21.4. The van der Waals surface area contributed by atoms with Gasteiger partial charge < -0.3 is 10.1 Å². The molecule has 0 amide bonds. The highest BCUT2D eigenvalue weighted by molar-refractivity contribution is 7.15. The Balaban J connectivity index is 1.56. The van der Waals surface area contributed by atoms with Gasteiger partial charge in [-0.25, -0.2) is 15.0 Å². The van der Waals surface area contributed by atoms with Crippen molar-refractivity contribution in [2.24, 2.45) is 5.41 Å². The zero-order valence-corrected chi connectivity index (χ0v) is 18.8. The van der Waals surface area contributed by atoms with Gasteiger partial charge in [0.25, 0.3) is 0 Å². The minimum absolute atomic E-state index is 0.261. The van der Waals surface area contributed by atoms with Gasteiger partial charge in [0.1, 0.15) is 6.29 Å². The lowest BCUT2D eigenvalue weighted by atomic mass is 9.71. The van der Waals surface area contributed by atoms with E-state index in [1.54, 1.807) is 17.5 Å². The number of aryl methyl sites for hydroxylation is 1. The molecule has 1 saturated carbocycles. The molecule has 0 atom stereocenters. The molecule has 1 N–H and O–H groups in total. The van der Waals surface area contributed by atoms with E-state index in [4.69, 9.17) is 4.98 Å². The minimum Gasteiger partial charge on any atom is -0.324 e. The van der Waals surface area contributed by atoms with Gasteiger partial charge >= 0.3 is 0 Å². The number of carbonyl (C=O) groups excluding carboxylic acids is 1. The normalized spacial score (nSPS) is 15.5. The predicted octanol–water partition coefficient (Wildman–Crippen LogP) is 5.86. The fourth-order valence-electron chi connectivity index (χ4n) is 3.80. The van der Waals surface area contributed by atoms with Gasteiger partial charge in [0, 0.05) is 41.0 Å². The quantitative estimate of drug-likeness (QED) is 0.485. The van der Waals surface area contributed by atoms with Crippen molar-refractivity contribution in [3.8, 4) is 10.4 Å². The Labute approximate surface area is 182 Å². The molecule has 0 spiro atoms. The lowest BCUT2D eigenvalue weighted by Crippen LogP contribution is -2.29. The first-order chi connectivity index (χ1) is 14.3. The maximum atomic E-state index is 11.2. The first kappa shape index (κ1) is 20.7. The third kappa shape index (κ3) is 4.43. The molecule has 1 fully saturated rings. The van der Waals surface area contributed by atoms with E-state index in [-0.39, 0.29) is 5.41 Å². The van der Waals surface area contributed by atoms with E-state index in [1.807, 2.05) is 26.1 Å². The van der Waals surface area contributed by atoms with Crippen LogP contribution < -0.4 is 5.32 Å². The second-order valence-electron chi connectivity index (χ2n) is 9.31. The zero-order valence-electron chi connectivity index (χ0n) is 18.0. The standard InChI is InChI=1S/C24H28N4OS/c1-16-10-17(20-14-26-21(30-20)24(4)7-5-8-24)12-19(11-16)28-22-25-9-6-18(27-22)13-23(2,3)15-29/h6,9-12,14-15H,5,7-8,13H2,1-4H3,(H,25,27,28). The Morgan fingerprint density at radius 1 is 1.23 bits per heavy atom. The molecule has 0 aliphatic heterocycles. The Bertz CT molecular complexity index is 1070. The van der Waals surface area contributed by atoms with Crippen LogP contribution in [0.25, 0.3) is 10.4 Å². The van der Waals surface area contributed by atoms with Gasteiger partial charge in [0.15, 0.2) is 0 Å². The molecule has 1 aliphatic carbocycles. The SMILES string of the molecule is Cc1cc(Nc2nccc(CC(C)(C)C=O)n2)cc(-c2cnc(C3(C)CCC3)s2)c1. The molecule has 4 rings (SSSR count). The molecule has 0 radical (unpaired) electrons. The van der Waals surface area contributed by atoms with Crippen molar-refractivity contribution in [1.82, 2.24) is 15.0 Å². The van der Waals surface area contributed by atoms with Crippen molar-refractivity contribution in [2.45, 2.75) is 58.8 Å². The molecule has 0 bridgehead atoms. The van der Waals surface area contributed by atoms with Crippen molar-refractivity contribution < 1.29 is 4.79 Å². The Hall–Kier alpha value is -2.60. The van der Waals surface area contributed by atoms with Crippen LogP contribution in [-0.4, -0.2) is 21.2 Å². The first-order valence-corrected chi connectivity index (χ1v) is 11.2. The van der Waals surface area contributed by atoms with Crippen LogP contribution >= 0.6 is 11.3 Å². The number of hydrogen-bond donors (Lipinski definition) is 1. The second kappa shape index (κ2) is 7.91. The number of aromatic nitrogens is 3. The molecule has 3 aromatic rings. The number of benzene rings is 1. The fraction of sp³-hybridized carbons (Fsp3) is 0.417. The van der Waals surface area contributed by atoms with Crippen LogP contribution in [0.1, 0.15) is 56.3 Å². The van der Waals surface area contributed by atoms with Crippen molar-refractivity contribution in [1.29, 1.82) is 0 Å². The summed E-state index contributed by atoms with van der Waals surface area (Å²) < 4.78 is 0. The second-order valence-corrected chi connectivity index (χ2v) is 10.3. The Morgan fingerprint density at radius 2 is 2.03 bits per heavy atom. The molecule has 2 heterocycles. The lowest BCUT2D eigenvalue weighted by molar-refractivity contribution is -0.114. The smallest absolute Gasteiger partial charge is 0.227 e. The van der Waals surface area contributed by atoms with Crippen LogP contribution in [0.5, 0.6) is 0 Å². The van der Waals surface area contributed by atoms with E-state index in [1.165, 1.54) is 29.1 Å². The first-order valence-electron chi connectivity index (χ1n) is 10.4. The highest BCUT2D eigenvalue weighted by atomic mass is 32.1. The summed E-state index contributed by atoms with van der Waals surface area (Å²) >= 11 is 1.80. The summed E-state index contributed by atoms with van der Waals surface area (Å²) in [5.74, 6) is 0.540. The summed E-state index contributed by atoms with van der Waals surface area (Å²) in [6, 6.07) is 8.26. The largest absolute Gasteiger partial charge is 0.324 e. The molecule has 6 heteroatoms. The highest BCUT2D eigenvalue weighted by Crippen LogP contribution is 2.46. The highest BCUT2D eigenvalue weighted by Gasteiger charge is 2.36. The Morgan fingerprint density at radius 3 is 2.73 bits per heavy atom. The van der Waals surface area contributed by atoms with Crippen LogP contribution in [-0.2, 0) is 16.6 Å². The third-order valence-corrected chi connectivity index (χ3v) is 7.12. The number of nitrogens with zero attached hydrogens (tertiary/aromatic N) is 3. The number of aldehydes is 1. The lowest BCUT2D eigenvalue weighted by Gasteiger charge is -2.36. The summed E-state index contributed by atoms with van der Waals surface area (Å²) in [4.78, 5) is 26.1. The summed E-state index contributed by atoms with van der Waals surface area (Å²) in [6.07, 6.45) is 9.05. The van der Waals surface area contributed by atoms with Gasteiger partial charge in [-0.15, -0.1) is 11.3 Å². The molecule has 156 valence electrons. The van der Waals surface area contributed by atoms with E-state index in [2.05, 4.69) is 47.3 Å². The average molecular weight is 421 g/mol. The van der Waals surface area contributed by atoms with Crippen LogP contribution in [0.4, 0.5) is 11.6 Å². The maximum absolute atomic E-state index is 11.2. The predicted molar refractivity (Wildman–Crippen MR) is 122 cm³/mol. The van der Waals surface area contributed by atoms with Crippen molar-refractivity contribution in [3.05, 3.63) is 52.9 Å². The van der Waals surface area contributed by atoms with E-state index in [0.29, 0.717) is 12.4 Å². The van der Waals surface area contributed by atoms with Crippen LogP contribution in [0.15, 0.2) is 36.7 Å². The van der Waals surface area contributed by atoms with E-state index in [9.17, 15) is 4.79 Å². The van der Waals surface area contributed by atoms with Gasteiger partial charge in [0.2, 0.25) is 5.95 Å². The summed E-state index contributed by atoms with van der Waals surface area (Å²) in [5, 5.41) is 4.58. The minimum atomic E-state index is -0.441. The number of hydrogen-bond acceptors (Lipinski definition) is 6. The van der Waals surface area contributed by atoms with Crippen molar-refractivity contribution in [3.63, 3.8) is 0 Å². The molecular formula is C24H28N4OS. The molecule has 0 unspecified atom stereocenters. The molecular weight excluding hydrogens is 392 g/mol. The fourth-order valence-corrected chi connectivity index (χ4v) is 4.90. The topological polar surface area (TPSA) is 67.8 Å². The molecule has 0 saturated heterocycles. The molecule has 1 aliphatic rings. The monoisotopic (exact) mass is 420 g/mol. The number of anilines is 2. The molecule has 30 heavy (non-hydrogen) atoms. The van der Waals surface area contributed by atoms with E-state index in [0.717, 1.165) is 28.8 Å². The van der Waals surface area contributed by atoms with Crippen molar-refractivity contribution >= 4 is 29.3 Å². The number of rotatable bonds is 7. The van der Waals surface area contributed by atoms with Crippen LogP contribution in [0, 0.1) is 12.3 Å². The van der Waals surface area contributed by atoms with E-state index < -0.39 is 5.41 Å². The van der Waals surface area contributed by atoms with Crippen LogP contribution in [0.2, 0.25) is 0 Å². The molecule has 1 aromatic carbocycles. The average Bonchev–Trinajstić information content (AvgIpc) is 3.16. The molecule has 2 aromatic heterocycles. The Kier molecular flexibility index (Phi) is 5.45. The molecule has 5 nitrogen and oxygen atoms in total. The number of nitrogens with one attached hydrogen (secondary N) is 1. The summed E-state index contributed by atoms with van der Waals surface area (Å²) in [7, 11) is 0. The van der Waals surface area contributed by atoms with Gasteiger partial charge in [-0.3, -0.25) is 0 Å². The van der Waals surface area contributed by atoms with Gasteiger partial charge in [-0.05, 0) is 49.1 Å². The summed E-state index contributed by atoms with van der Waals surface area (Å²) in [6.45, 7) is 8.23. The van der Waals surface area contributed by atoms with E-state index >= 15 is 0 Å².